The standard InChI is InChI=1S/C30H30FN3O3S/c1-2-3-17-34(30-33-27(20-38-30)23-13-15-25(31)16-14-23)19-22-9-11-24(12-10-22)28(35)32-26(29(36)37)18-21-7-5-4-6-8-21/h4-16,20,26H,2-3,17-19H2,1H3,(H,32,35)(H,36,37). The first-order valence-electron chi connectivity index (χ1n) is 12.6. The van der Waals surface area contributed by atoms with Crippen LogP contribution < -0.4 is 10.2 Å². The van der Waals surface area contributed by atoms with Gasteiger partial charge in [-0.25, -0.2) is 14.2 Å². The maximum Gasteiger partial charge on any atom is 0.326 e. The summed E-state index contributed by atoms with van der Waals surface area (Å²) in [6.07, 6.45) is 2.25. The molecule has 0 fully saturated rings. The van der Waals surface area contributed by atoms with Crippen LogP contribution in [0, 0.1) is 5.82 Å². The van der Waals surface area contributed by atoms with Crippen LogP contribution in [-0.4, -0.2) is 34.6 Å². The number of amides is 1. The van der Waals surface area contributed by atoms with Crippen molar-refractivity contribution in [2.45, 2.75) is 38.8 Å². The Balaban J connectivity index is 1.43. The molecule has 1 unspecified atom stereocenters. The van der Waals surface area contributed by atoms with Gasteiger partial charge in [0.05, 0.1) is 5.69 Å². The minimum absolute atomic E-state index is 0.208. The Labute approximate surface area is 225 Å². The van der Waals surface area contributed by atoms with Gasteiger partial charge in [0.25, 0.3) is 5.91 Å². The van der Waals surface area contributed by atoms with E-state index in [1.54, 1.807) is 35.6 Å². The number of thiazole rings is 1. The monoisotopic (exact) mass is 531 g/mol. The van der Waals surface area contributed by atoms with Crippen molar-refractivity contribution in [2.75, 3.05) is 11.4 Å². The molecule has 0 radical (unpaired) electrons. The number of nitrogens with one attached hydrogen (secondary N) is 1. The molecule has 1 aromatic heterocycles. The number of aromatic nitrogens is 1. The van der Waals surface area contributed by atoms with E-state index < -0.39 is 17.9 Å². The van der Waals surface area contributed by atoms with Crippen LogP contribution in [-0.2, 0) is 17.8 Å². The lowest BCUT2D eigenvalue weighted by atomic mass is 10.1. The van der Waals surface area contributed by atoms with Gasteiger partial charge in [0.15, 0.2) is 5.13 Å². The molecule has 38 heavy (non-hydrogen) atoms. The fraction of sp³-hybridized carbons (Fsp3) is 0.233. The fourth-order valence-corrected chi connectivity index (χ4v) is 4.89. The second-order valence-corrected chi connectivity index (χ2v) is 9.88. The van der Waals surface area contributed by atoms with E-state index in [1.807, 2.05) is 47.8 Å². The van der Waals surface area contributed by atoms with Crippen molar-refractivity contribution in [2.24, 2.45) is 0 Å². The number of halogens is 1. The van der Waals surface area contributed by atoms with Crippen molar-refractivity contribution in [3.63, 3.8) is 0 Å². The number of hydrogen-bond donors (Lipinski definition) is 2. The molecule has 1 atom stereocenters. The van der Waals surface area contributed by atoms with E-state index in [0.717, 1.165) is 46.9 Å². The number of anilines is 1. The van der Waals surface area contributed by atoms with Gasteiger partial charge in [-0.15, -0.1) is 11.3 Å². The molecule has 4 rings (SSSR count). The highest BCUT2D eigenvalue weighted by molar-refractivity contribution is 7.14. The third kappa shape index (κ3) is 7.26. The van der Waals surface area contributed by atoms with Crippen molar-refractivity contribution < 1.29 is 19.1 Å². The minimum Gasteiger partial charge on any atom is -0.480 e. The van der Waals surface area contributed by atoms with Gasteiger partial charge in [-0.2, -0.15) is 0 Å². The average molecular weight is 532 g/mol. The van der Waals surface area contributed by atoms with Gasteiger partial charge in [-0.1, -0.05) is 55.8 Å². The zero-order valence-electron chi connectivity index (χ0n) is 21.1. The molecule has 6 nitrogen and oxygen atoms in total. The van der Waals surface area contributed by atoms with Gasteiger partial charge in [0.2, 0.25) is 0 Å². The lowest BCUT2D eigenvalue weighted by molar-refractivity contribution is -0.139. The molecule has 0 aliphatic rings. The molecule has 0 saturated carbocycles. The third-order valence-electron chi connectivity index (χ3n) is 6.16. The molecule has 0 aliphatic carbocycles. The van der Waals surface area contributed by atoms with E-state index >= 15 is 0 Å². The third-order valence-corrected chi connectivity index (χ3v) is 7.06. The Morgan fingerprint density at radius 2 is 1.71 bits per heavy atom. The van der Waals surface area contributed by atoms with Gasteiger partial charge >= 0.3 is 5.97 Å². The Morgan fingerprint density at radius 1 is 1.00 bits per heavy atom. The van der Waals surface area contributed by atoms with Crippen LogP contribution in [0.4, 0.5) is 9.52 Å². The van der Waals surface area contributed by atoms with Gasteiger partial charge in [0, 0.05) is 36.0 Å². The summed E-state index contributed by atoms with van der Waals surface area (Å²) < 4.78 is 13.3. The van der Waals surface area contributed by atoms with Crippen LogP contribution in [0.5, 0.6) is 0 Å². The summed E-state index contributed by atoms with van der Waals surface area (Å²) in [5.41, 5.74) is 3.93. The summed E-state index contributed by atoms with van der Waals surface area (Å²) in [7, 11) is 0. The molecule has 0 aliphatic heterocycles. The highest BCUT2D eigenvalue weighted by atomic mass is 32.1. The average Bonchev–Trinajstić information content (AvgIpc) is 3.42. The largest absolute Gasteiger partial charge is 0.480 e. The van der Waals surface area contributed by atoms with E-state index in [4.69, 9.17) is 4.98 Å². The van der Waals surface area contributed by atoms with Crippen LogP contribution in [0.1, 0.15) is 41.3 Å². The Kier molecular flexibility index (Phi) is 9.21. The molecule has 1 amide bonds. The number of unbranched alkanes of at least 4 members (excludes halogenated alkanes) is 1. The molecular weight excluding hydrogens is 501 g/mol. The summed E-state index contributed by atoms with van der Waals surface area (Å²) in [5.74, 6) is -1.78. The predicted octanol–water partition coefficient (Wildman–Crippen LogP) is 6.18. The van der Waals surface area contributed by atoms with Crippen molar-refractivity contribution in [3.8, 4) is 11.3 Å². The number of benzene rings is 3. The Hall–Kier alpha value is -4.04. The summed E-state index contributed by atoms with van der Waals surface area (Å²) in [6.45, 7) is 3.58. The van der Waals surface area contributed by atoms with Crippen LogP contribution in [0.15, 0.2) is 84.2 Å². The van der Waals surface area contributed by atoms with Crippen LogP contribution in [0.25, 0.3) is 11.3 Å². The zero-order valence-corrected chi connectivity index (χ0v) is 22.0. The Morgan fingerprint density at radius 3 is 2.37 bits per heavy atom. The number of carbonyl (C=O) groups is 2. The SMILES string of the molecule is CCCCN(Cc1ccc(C(=O)NC(Cc2ccccc2)C(=O)O)cc1)c1nc(-c2ccc(F)cc2)cs1. The van der Waals surface area contributed by atoms with E-state index in [-0.39, 0.29) is 12.2 Å². The summed E-state index contributed by atoms with van der Waals surface area (Å²) in [5, 5.41) is 15.1. The first-order chi connectivity index (χ1) is 18.4. The second kappa shape index (κ2) is 13.0. The number of carboxylic acids is 1. The minimum atomic E-state index is -1.08. The van der Waals surface area contributed by atoms with Gasteiger partial charge in [0.1, 0.15) is 11.9 Å². The molecule has 8 heteroatoms. The Bertz CT molecular complexity index is 1340. The van der Waals surface area contributed by atoms with Crippen LogP contribution in [0.2, 0.25) is 0 Å². The molecule has 0 saturated heterocycles. The van der Waals surface area contributed by atoms with Crippen LogP contribution in [0.3, 0.4) is 0 Å². The number of aliphatic carboxylic acids is 1. The number of hydrogen-bond acceptors (Lipinski definition) is 5. The maximum atomic E-state index is 13.3. The quantitative estimate of drug-likeness (QED) is 0.228. The van der Waals surface area contributed by atoms with Crippen LogP contribution >= 0.6 is 11.3 Å². The molecule has 0 bridgehead atoms. The normalized spacial score (nSPS) is 11.6. The van der Waals surface area contributed by atoms with E-state index in [2.05, 4.69) is 17.1 Å². The molecule has 3 aromatic carbocycles. The number of nitrogens with zero attached hydrogens (tertiary/aromatic N) is 2. The van der Waals surface area contributed by atoms with Gasteiger partial charge in [-0.05, 0) is 53.9 Å². The summed E-state index contributed by atoms with van der Waals surface area (Å²) in [4.78, 5) is 31.5. The van der Waals surface area contributed by atoms with E-state index in [1.165, 1.54) is 12.1 Å². The second-order valence-electron chi connectivity index (χ2n) is 9.05. The molecular formula is C30H30FN3O3S. The smallest absolute Gasteiger partial charge is 0.326 e. The molecule has 1 heterocycles. The lowest BCUT2D eigenvalue weighted by Crippen LogP contribution is -2.42. The summed E-state index contributed by atoms with van der Waals surface area (Å²) in [6, 6.07) is 21.7. The number of carboxylic acid groups (broad SMARTS) is 1. The van der Waals surface area contributed by atoms with Crippen molar-refractivity contribution in [1.82, 2.24) is 10.3 Å². The highest BCUT2D eigenvalue weighted by Gasteiger charge is 2.21. The lowest BCUT2D eigenvalue weighted by Gasteiger charge is -2.22. The van der Waals surface area contributed by atoms with E-state index in [9.17, 15) is 19.1 Å². The highest BCUT2D eigenvalue weighted by Crippen LogP contribution is 2.29. The van der Waals surface area contributed by atoms with E-state index in [0.29, 0.717) is 12.1 Å². The number of carbonyl (C=O) groups excluding carboxylic acids is 1. The zero-order chi connectivity index (χ0) is 26.9. The molecule has 196 valence electrons. The molecule has 4 aromatic rings. The van der Waals surface area contributed by atoms with Gasteiger partial charge < -0.3 is 15.3 Å². The van der Waals surface area contributed by atoms with Crippen molar-refractivity contribution >= 4 is 28.3 Å². The number of rotatable bonds is 12. The fourth-order valence-electron chi connectivity index (χ4n) is 4.03. The van der Waals surface area contributed by atoms with Crippen molar-refractivity contribution in [3.05, 3.63) is 107 Å². The van der Waals surface area contributed by atoms with Crippen molar-refractivity contribution in [1.29, 1.82) is 0 Å². The molecule has 2 N–H and O–H groups in total. The first kappa shape index (κ1) is 27.0. The topological polar surface area (TPSA) is 82.5 Å². The predicted molar refractivity (Wildman–Crippen MR) is 149 cm³/mol. The maximum absolute atomic E-state index is 13.3. The molecule has 0 spiro atoms. The first-order valence-corrected chi connectivity index (χ1v) is 13.4. The summed E-state index contributed by atoms with van der Waals surface area (Å²) >= 11 is 1.55. The van der Waals surface area contributed by atoms with Gasteiger partial charge in [-0.3, -0.25) is 4.79 Å².